The van der Waals surface area contributed by atoms with Gasteiger partial charge in [0, 0.05) is 0 Å². The molecule has 15 heavy (non-hydrogen) atoms. The van der Waals surface area contributed by atoms with E-state index in [1.54, 1.807) is 0 Å². The molecule has 0 aliphatic heterocycles. The van der Waals surface area contributed by atoms with Crippen LogP contribution in [0.4, 0.5) is 5.95 Å². The summed E-state index contributed by atoms with van der Waals surface area (Å²) in [5, 5.41) is 8.55. The van der Waals surface area contributed by atoms with Crippen LogP contribution in [-0.4, -0.2) is 39.4 Å². The molecule has 0 amide bonds. The van der Waals surface area contributed by atoms with Gasteiger partial charge < -0.3 is 20.3 Å². The molecule has 7 heteroatoms. The first-order chi connectivity index (χ1) is 7.11. The summed E-state index contributed by atoms with van der Waals surface area (Å²) < 4.78 is 10.2. The van der Waals surface area contributed by atoms with Crippen molar-refractivity contribution in [2.45, 2.75) is 20.0 Å². The molecule has 0 saturated heterocycles. The lowest BCUT2D eigenvalue weighted by molar-refractivity contribution is 0.183. The van der Waals surface area contributed by atoms with Crippen molar-refractivity contribution in [3.05, 3.63) is 0 Å². The fourth-order valence-electron chi connectivity index (χ4n) is 0.818. The Hall–Kier alpha value is -1.63. The maximum absolute atomic E-state index is 8.55. The Morgan fingerprint density at radius 2 is 1.93 bits per heavy atom. The Morgan fingerprint density at radius 1 is 1.27 bits per heavy atom. The number of aliphatic hydroxyl groups is 1. The van der Waals surface area contributed by atoms with E-state index in [4.69, 9.17) is 20.3 Å². The number of nitrogen functional groups attached to an aromatic ring is 1. The predicted molar refractivity (Wildman–Crippen MR) is 52.6 cm³/mol. The van der Waals surface area contributed by atoms with Crippen LogP contribution in [0.5, 0.6) is 12.0 Å². The highest BCUT2D eigenvalue weighted by Gasteiger charge is 2.07. The molecule has 0 aliphatic carbocycles. The zero-order valence-electron chi connectivity index (χ0n) is 8.67. The molecule has 0 fully saturated rings. The van der Waals surface area contributed by atoms with Gasteiger partial charge in [0.05, 0.1) is 12.7 Å². The van der Waals surface area contributed by atoms with Gasteiger partial charge in [-0.3, -0.25) is 0 Å². The van der Waals surface area contributed by atoms with Crippen molar-refractivity contribution in [3.8, 4) is 12.0 Å². The summed E-state index contributed by atoms with van der Waals surface area (Å²) in [6, 6.07) is 0.164. The number of aliphatic hydroxyl groups excluding tert-OH is 1. The summed E-state index contributed by atoms with van der Waals surface area (Å²) in [4.78, 5) is 11.3. The van der Waals surface area contributed by atoms with E-state index >= 15 is 0 Å². The zero-order valence-corrected chi connectivity index (χ0v) is 8.67. The van der Waals surface area contributed by atoms with Gasteiger partial charge in [0.25, 0.3) is 0 Å². The molecule has 0 radical (unpaired) electrons. The summed E-state index contributed by atoms with van der Waals surface area (Å²) in [5.41, 5.74) is 5.42. The summed E-state index contributed by atoms with van der Waals surface area (Å²) in [5.74, 6) is 0.0218. The Morgan fingerprint density at radius 3 is 2.53 bits per heavy atom. The van der Waals surface area contributed by atoms with Crippen LogP contribution in [0.3, 0.4) is 0 Å². The van der Waals surface area contributed by atoms with Crippen LogP contribution in [0.15, 0.2) is 0 Å². The minimum absolute atomic E-state index is 0.0218. The first-order valence-electron chi connectivity index (χ1n) is 4.53. The van der Waals surface area contributed by atoms with E-state index < -0.39 is 0 Å². The van der Waals surface area contributed by atoms with Crippen LogP contribution < -0.4 is 15.2 Å². The number of aromatic nitrogens is 3. The highest BCUT2D eigenvalue weighted by molar-refractivity contribution is 5.20. The van der Waals surface area contributed by atoms with Crippen LogP contribution in [0.25, 0.3) is 0 Å². The second-order valence-corrected chi connectivity index (χ2v) is 3.00. The lowest BCUT2D eigenvalue weighted by Crippen LogP contribution is -2.12. The van der Waals surface area contributed by atoms with Crippen LogP contribution in [0.1, 0.15) is 13.8 Å². The van der Waals surface area contributed by atoms with E-state index in [1.165, 1.54) is 0 Å². The first kappa shape index (κ1) is 11.4. The number of rotatable bonds is 5. The van der Waals surface area contributed by atoms with E-state index in [-0.39, 0.29) is 37.3 Å². The lowest BCUT2D eigenvalue weighted by atomic mass is 10.5. The SMILES string of the molecule is CC(C)Oc1nc(N)nc(OCCO)n1. The van der Waals surface area contributed by atoms with Gasteiger partial charge in [-0.1, -0.05) is 0 Å². The molecule has 0 atom stereocenters. The van der Waals surface area contributed by atoms with Gasteiger partial charge in [-0.25, -0.2) is 0 Å². The molecular formula is C8H14N4O3. The highest BCUT2D eigenvalue weighted by atomic mass is 16.5. The van der Waals surface area contributed by atoms with Gasteiger partial charge in [-0.2, -0.15) is 9.97 Å². The molecule has 0 saturated carbocycles. The third kappa shape index (κ3) is 3.94. The molecule has 1 heterocycles. The molecule has 0 unspecified atom stereocenters. The molecule has 84 valence electrons. The zero-order chi connectivity index (χ0) is 11.3. The number of ether oxygens (including phenoxy) is 2. The molecule has 0 spiro atoms. The van der Waals surface area contributed by atoms with Crippen LogP contribution >= 0.6 is 0 Å². The topological polar surface area (TPSA) is 103 Å². The smallest absolute Gasteiger partial charge is 0.324 e. The maximum Gasteiger partial charge on any atom is 0.324 e. The fraction of sp³-hybridized carbons (Fsp3) is 0.625. The number of hydrogen-bond acceptors (Lipinski definition) is 7. The molecule has 1 aromatic rings. The summed E-state index contributed by atoms with van der Waals surface area (Å²) in [6.07, 6.45) is -0.0579. The van der Waals surface area contributed by atoms with Crippen molar-refractivity contribution in [2.24, 2.45) is 0 Å². The molecule has 0 aliphatic rings. The van der Waals surface area contributed by atoms with E-state index in [0.29, 0.717) is 0 Å². The normalized spacial score (nSPS) is 10.4. The minimum atomic E-state index is -0.119. The van der Waals surface area contributed by atoms with E-state index in [9.17, 15) is 0 Å². The van der Waals surface area contributed by atoms with Crippen LogP contribution in [-0.2, 0) is 0 Å². The average molecular weight is 214 g/mol. The second-order valence-electron chi connectivity index (χ2n) is 3.00. The quantitative estimate of drug-likeness (QED) is 0.688. The highest BCUT2D eigenvalue weighted by Crippen LogP contribution is 2.11. The predicted octanol–water partition coefficient (Wildman–Crippen LogP) is -0.388. The molecule has 3 N–H and O–H groups in total. The Kier molecular flexibility index (Phi) is 4.04. The fourth-order valence-corrected chi connectivity index (χ4v) is 0.818. The standard InChI is InChI=1S/C8H14N4O3/c1-5(2)15-8-11-6(9)10-7(12-8)14-4-3-13/h5,13H,3-4H2,1-2H3,(H2,9,10,11,12). The van der Waals surface area contributed by atoms with E-state index in [1.807, 2.05) is 13.8 Å². The lowest BCUT2D eigenvalue weighted by Gasteiger charge is -2.08. The summed E-state index contributed by atoms with van der Waals surface area (Å²) in [6.45, 7) is 3.67. The van der Waals surface area contributed by atoms with Gasteiger partial charge >= 0.3 is 12.0 Å². The van der Waals surface area contributed by atoms with Crippen LogP contribution in [0.2, 0.25) is 0 Å². The van der Waals surface area contributed by atoms with E-state index in [2.05, 4.69) is 15.0 Å². The molecule has 1 rings (SSSR count). The van der Waals surface area contributed by atoms with Crippen molar-refractivity contribution in [2.75, 3.05) is 18.9 Å². The van der Waals surface area contributed by atoms with Gasteiger partial charge in [0.15, 0.2) is 0 Å². The van der Waals surface area contributed by atoms with Crippen LogP contribution in [0, 0.1) is 0 Å². The van der Waals surface area contributed by atoms with Gasteiger partial charge in [-0.05, 0) is 13.8 Å². The van der Waals surface area contributed by atoms with Crippen molar-refractivity contribution in [1.29, 1.82) is 0 Å². The summed E-state index contributed by atoms with van der Waals surface area (Å²) >= 11 is 0. The summed E-state index contributed by atoms with van der Waals surface area (Å²) in [7, 11) is 0. The third-order valence-electron chi connectivity index (χ3n) is 1.28. The Labute approximate surface area is 87.3 Å². The Bertz CT molecular complexity index is 319. The molecule has 7 nitrogen and oxygen atoms in total. The monoisotopic (exact) mass is 214 g/mol. The van der Waals surface area contributed by atoms with Crippen molar-refractivity contribution in [3.63, 3.8) is 0 Å². The average Bonchev–Trinajstić information content (AvgIpc) is 2.12. The van der Waals surface area contributed by atoms with Crippen molar-refractivity contribution in [1.82, 2.24) is 15.0 Å². The third-order valence-corrected chi connectivity index (χ3v) is 1.28. The van der Waals surface area contributed by atoms with Crippen molar-refractivity contribution >= 4 is 5.95 Å². The number of hydrogen-bond donors (Lipinski definition) is 2. The maximum atomic E-state index is 8.55. The van der Waals surface area contributed by atoms with Crippen molar-refractivity contribution < 1.29 is 14.6 Å². The largest absolute Gasteiger partial charge is 0.461 e. The van der Waals surface area contributed by atoms with Gasteiger partial charge in [-0.15, -0.1) is 4.98 Å². The van der Waals surface area contributed by atoms with Gasteiger partial charge in [0.2, 0.25) is 5.95 Å². The molecule has 0 aromatic carbocycles. The number of nitrogens with two attached hydrogens (primary N) is 1. The van der Waals surface area contributed by atoms with E-state index in [0.717, 1.165) is 0 Å². The number of nitrogens with zero attached hydrogens (tertiary/aromatic N) is 3. The molecular weight excluding hydrogens is 200 g/mol. The first-order valence-corrected chi connectivity index (χ1v) is 4.53. The minimum Gasteiger partial charge on any atom is -0.461 e. The Balaban J connectivity index is 2.75. The number of anilines is 1. The molecule has 1 aromatic heterocycles. The van der Waals surface area contributed by atoms with Gasteiger partial charge in [0.1, 0.15) is 6.61 Å². The second kappa shape index (κ2) is 5.30. The molecule has 0 bridgehead atoms.